The van der Waals surface area contributed by atoms with Gasteiger partial charge in [0.05, 0.1) is 29.3 Å². The van der Waals surface area contributed by atoms with Gasteiger partial charge in [-0.05, 0) is 69.5 Å². The molecule has 12 heteroatoms. The smallest absolute Gasteiger partial charge is 0.331 e. The highest BCUT2D eigenvalue weighted by Crippen LogP contribution is 2.38. The number of nitro benzene ring substituents is 1. The maximum atomic E-state index is 12.9. The average Bonchev–Trinajstić information content (AvgIpc) is 3.37. The fraction of sp³-hybridized carbons (Fsp3) is 0.125. The minimum atomic E-state index is -0.840. The number of carbonyl (C=O) groups is 3. The Labute approximate surface area is 212 Å². The van der Waals surface area contributed by atoms with Gasteiger partial charge in [0.25, 0.3) is 17.5 Å². The lowest BCUT2D eigenvalue weighted by Gasteiger charge is -2.25. The third-order valence-corrected chi connectivity index (χ3v) is 5.76. The van der Waals surface area contributed by atoms with Crippen LogP contribution in [0.1, 0.15) is 16.9 Å². The zero-order chi connectivity index (χ0) is 25.8. The molecule has 1 saturated heterocycles. The van der Waals surface area contributed by atoms with Crippen molar-refractivity contribution in [2.24, 2.45) is 0 Å². The van der Waals surface area contributed by atoms with Crippen molar-refractivity contribution in [2.45, 2.75) is 13.2 Å². The average molecular weight is 556 g/mol. The Morgan fingerprint density at radius 1 is 1.17 bits per heavy atom. The van der Waals surface area contributed by atoms with Crippen molar-refractivity contribution in [2.75, 3.05) is 7.11 Å². The van der Waals surface area contributed by atoms with Crippen LogP contribution in [0, 0.1) is 10.1 Å². The van der Waals surface area contributed by atoms with Gasteiger partial charge in [0.2, 0.25) is 0 Å². The summed E-state index contributed by atoms with van der Waals surface area (Å²) in [5.41, 5.74) is 0.869. The summed E-state index contributed by atoms with van der Waals surface area (Å²) in [5.74, 6) is -0.550. The molecule has 0 aliphatic carbocycles. The number of barbiturate groups is 1. The van der Waals surface area contributed by atoms with Crippen molar-refractivity contribution in [3.8, 4) is 11.5 Å². The number of hydrogen-bond acceptors (Lipinski definition) is 8. The zero-order valence-corrected chi connectivity index (χ0v) is 20.3. The van der Waals surface area contributed by atoms with E-state index in [0.717, 1.165) is 4.90 Å². The Bertz CT molecular complexity index is 1370. The number of rotatable bonds is 8. The van der Waals surface area contributed by atoms with Crippen molar-refractivity contribution in [3.05, 3.63) is 91.8 Å². The Kier molecular flexibility index (Phi) is 7.15. The number of furan rings is 1. The van der Waals surface area contributed by atoms with Gasteiger partial charge in [-0.25, -0.2) is 4.79 Å². The number of methoxy groups -OCH3 is 1. The molecule has 0 spiro atoms. The fourth-order valence-electron chi connectivity index (χ4n) is 3.40. The third-order valence-electron chi connectivity index (χ3n) is 5.17. The molecule has 11 nitrogen and oxygen atoms in total. The van der Waals surface area contributed by atoms with Crippen LogP contribution in [0.15, 0.2) is 69.3 Å². The number of urea groups is 1. The Morgan fingerprint density at radius 3 is 2.56 bits per heavy atom. The van der Waals surface area contributed by atoms with Gasteiger partial charge in [0.1, 0.15) is 17.9 Å². The highest BCUT2D eigenvalue weighted by molar-refractivity contribution is 9.10. The first-order chi connectivity index (χ1) is 17.3. The number of imide groups is 2. The maximum Gasteiger partial charge on any atom is 0.331 e. The van der Waals surface area contributed by atoms with Crippen LogP contribution >= 0.6 is 15.9 Å². The normalized spacial score (nSPS) is 14.7. The van der Waals surface area contributed by atoms with Crippen molar-refractivity contribution < 1.29 is 33.2 Å². The molecule has 2 aromatic carbocycles. The summed E-state index contributed by atoms with van der Waals surface area (Å²) in [7, 11) is 1.43. The van der Waals surface area contributed by atoms with Gasteiger partial charge in [0.15, 0.2) is 11.5 Å². The van der Waals surface area contributed by atoms with Gasteiger partial charge in [-0.1, -0.05) is 0 Å². The molecule has 3 aromatic rings. The second kappa shape index (κ2) is 10.4. The van der Waals surface area contributed by atoms with Gasteiger partial charge in [-0.2, -0.15) is 0 Å². The molecule has 0 saturated carbocycles. The number of non-ortho nitro benzene ring substituents is 1. The number of nitrogens with one attached hydrogen (secondary N) is 1. The largest absolute Gasteiger partial charge is 0.493 e. The van der Waals surface area contributed by atoms with E-state index in [9.17, 15) is 24.5 Å². The van der Waals surface area contributed by atoms with E-state index in [1.807, 2.05) is 0 Å². The first-order valence-electron chi connectivity index (χ1n) is 10.4. The van der Waals surface area contributed by atoms with Crippen LogP contribution in [0.5, 0.6) is 11.5 Å². The molecule has 36 heavy (non-hydrogen) atoms. The van der Waals surface area contributed by atoms with Crippen LogP contribution in [0.25, 0.3) is 6.08 Å². The highest BCUT2D eigenvalue weighted by atomic mass is 79.9. The van der Waals surface area contributed by atoms with Crippen LogP contribution in [-0.2, 0) is 22.7 Å². The molecule has 0 atom stereocenters. The highest BCUT2D eigenvalue weighted by Gasteiger charge is 2.36. The summed E-state index contributed by atoms with van der Waals surface area (Å²) in [5, 5.41) is 13.0. The van der Waals surface area contributed by atoms with Crippen molar-refractivity contribution >= 4 is 45.5 Å². The van der Waals surface area contributed by atoms with E-state index in [4.69, 9.17) is 13.9 Å². The van der Waals surface area contributed by atoms with Crippen LogP contribution in [-0.4, -0.2) is 34.8 Å². The molecular formula is C24H18BrN3O8. The topological polar surface area (TPSA) is 141 Å². The number of hydrogen-bond donors (Lipinski definition) is 1. The predicted molar refractivity (Wildman–Crippen MR) is 129 cm³/mol. The van der Waals surface area contributed by atoms with E-state index in [0.29, 0.717) is 32.9 Å². The van der Waals surface area contributed by atoms with Gasteiger partial charge in [-0.3, -0.25) is 29.9 Å². The van der Waals surface area contributed by atoms with Crippen LogP contribution < -0.4 is 14.8 Å². The van der Waals surface area contributed by atoms with Crippen LogP contribution in [0.4, 0.5) is 10.5 Å². The lowest BCUT2D eigenvalue weighted by molar-refractivity contribution is -0.384. The molecular weight excluding hydrogens is 538 g/mol. The third kappa shape index (κ3) is 5.28. The second-order valence-corrected chi connectivity index (χ2v) is 8.39. The van der Waals surface area contributed by atoms with E-state index in [2.05, 4.69) is 21.2 Å². The Balaban J connectivity index is 1.56. The maximum absolute atomic E-state index is 12.9. The van der Waals surface area contributed by atoms with Crippen molar-refractivity contribution in [1.82, 2.24) is 10.2 Å². The SMILES string of the molecule is COc1cc(/C=C2\C(=O)NC(=O)N(Cc3ccco3)C2=O)cc(Br)c1OCc1ccc([N+](=O)[O-])cc1. The summed E-state index contributed by atoms with van der Waals surface area (Å²) >= 11 is 3.41. The van der Waals surface area contributed by atoms with Gasteiger partial charge < -0.3 is 13.9 Å². The Morgan fingerprint density at radius 2 is 1.92 bits per heavy atom. The zero-order valence-electron chi connectivity index (χ0n) is 18.7. The van der Waals surface area contributed by atoms with E-state index < -0.39 is 22.8 Å². The number of ether oxygens (including phenoxy) is 2. The van der Waals surface area contributed by atoms with Gasteiger partial charge >= 0.3 is 6.03 Å². The van der Waals surface area contributed by atoms with E-state index in [-0.39, 0.29) is 24.4 Å². The molecule has 0 radical (unpaired) electrons. The molecule has 1 aliphatic heterocycles. The molecule has 4 rings (SSSR count). The first kappa shape index (κ1) is 24.7. The summed E-state index contributed by atoms with van der Waals surface area (Å²) in [6.07, 6.45) is 2.76. The first-order valence-corrected chi connectivity index (χ1v) is 11.2. The fourth-order valence-corrected chi connectivity index (χ4v) is 3.97. The second-order valence-electron chi connectivity index (χ2n) is 7.53. The van der Waals surface area contributed by atoms with Crippen LogP contribution in [0.3, 0.4) is 0 Å². The summed E-state index contributed by atoms with van der Waals surface area (Å²) in [6.45, 7) is -0.0249. The molecule has 1 aliphatic rings. The molecule has 2 heterocycles. The molecule has 1 fully saturated rings. The van der Waals surface area contributed by atoms with E-state index >= 15 is 0 Å². The molecule has 1 N–H and O–H groups in total. The molecule has 184 valence electrons. The predicted octanol–water partition coefficient (Wildman–Crippen LogP) is 4.20. The minimum Gasteiger partial charge on any atom is -0.493 e. The van der Waals surface area contributed by atoms with Gasteiger partial charge in [0, 0.05) is 12.1 Å². The quantitative estimate of drug-likeness (QED) is 0.188. The van der Waals surface area contributed by atoms with E-state index in [1.54, 1.807) is 36.4 Å². The number of carbonyl (C=O) groups excluding carboxylic acids is 3. The number of benzene rings is 2. The number of amides is 4. The minimum absolute atomic E-state index is 0.0272. The lowest BCUT2D eigenvalue weighted by atomic mass is 10.1. The molecule has 4 amide bonds. The Hall–Kier alpha value is -4.45. The standard InChI is InChI=1S/C24H18BrN3O8/c1-34-20-11-15(10-19(25)21(20)36-13-14-4-6-16(7-5-14)28(32)33)9-18-22(29)26-24(31)27(23(18)30)12-17-3-2-8-35-17/h2-11H,12-13H2,1H3,(H,26,29,31)/b18-9+. The number of nitrogens with zero attached hydrogens (tertiary/aromatic N) is 2. The summed E-state index contributed by atoms with van der Waals surface area (Å²) < 4.78 is 16.9. The lowest BCUT2D eigenvalue weighted by Crippen LogP contribution is -2.53. The van der Waals surface area contributed by atoms with Gasteiger partial charge in [-0.15, -0.1) is 0 Å². The molecule has 1 aromatic heterocycles. The number of nitro groups is 1. The molecule has 0 unspecified atom stereocenters. The monoisotopic (exact) mass is 555 g/mol. The summed E-state index contributed by atoms with van der Waals surface area (Å²) in [4.78, 5) is 48.8. The molecule has 0 bridgehead atoms. The van der Waals surface area contributed by atoms with Crippen molar-refractivity contribution in [1.29, 1.82) is 0 Å². The number of halogens is 1. The summed E-state index contributed by atoms with van der Waals surface area (Å²) in [6, 6.07) is 11.5. The van der Waals surface area contributed by atoms with Crippen LogP contribution in [0.2, 0.25) is 0 Å². The van der Waals surface area contributed by atoms with E-state index in [1.165, 1.54) is 31.6 Å². The van der Waals surface area contributed by atoms with Crippen molar-refractivity contribution in [3.63, 3.8) is 0 Å².